The second-order valence-electron chi connectivity index (χ2n) is 7.44. The van der Waals surface area contributed by atoms with Crippen LogP contribution < -0.4 is 5.19 Å². The zero-order valence-corrected chi connectivity index (χ0v) is 14.4. The Labute approximate surface area is 130 Å². The van der Waals surface area contributed by atoms with E-state index in [2.05, 4.69) is 37.3 Å². The molecule has 0 unspecified atom stereocenters. The lowest BCUT2D eigenvalue weighted by atomic mass is 9.70. The summed E-state index contributed by atoms with van der Waals surface area (Å²) in [5.41, 5.74) is 0.535. The van der Waals surface area contributed by atoms with Gasteiger partial charge in [0.05, 0.1) is 8.07 Å². The molecule has 1 saturated carbocycles. The molecule has 1 spiro atoms. The van der Waals surface area contributed by atoms with Gasteiger partial charge in [0.15, 0.2) is 0 Å². The summed E-state index contributed by atoms with van der Waals surface area (Å²) in [4.78, 5) is 11.5. The van der Waals surface area contributed by atoms with E-state index in [9.17, 15) is 4.79 Å². The summed E-state index contributed by atoms with van der Waals surface area (Å²) in [7, 11) is -1.27. The molecule has 0 atom stereocenters. The summed E-state index contributed by atoms with van der Waals surface area (Å²) in [6.07, 6.45) is 8.17. The van der Waals surface area contributed by atoms with Gasteiger partial charge in [-0.2, -0.15) is 0 Å². The smallest absolute Gasteiger partial charge is 0.132 e. The highest BCUT2D eigenvalue weighted by atomic mass is 28.3. The molecule has 1 aromatic rings. The molecular weight excluding hydrogens is 272 g/mol. The largest absolute Gasteiger partial charge is 0.300 e. The number of benzene rings is 1. The molecule has 0 bridgehead atoms. The Kier molecular flexibility index (Phi) is 4.35. The molecule has 1 aliphatic carbocycles. The Morgan fingerprint density at radius 1 is 1.00 bits per heavy atom. The quantitative estimate of drug-likeness (QED) is 0.741. The van der Waals surface area contributed by atoms with E-state index < -0.39 is 8.07 Å². The van der Waals surface area contributed by atoms with Crippen molar-refractivity contribution in [3.05, 3.63) is 30.3 Å². The van der Waals surface area contributed by atoms with E-state index in [4.69, 9.17) is 0 Å². The van der Waals surface area contributed by atoms with E-state index in [1.807, 2.05) is 0 Å². The van der Waals surface area contributed by atoms with E-state index in [0.717, 1.165) is 12.8 Å². The van der Waals surface area contributed by atoms with E-state index in [1.54, 1.807) is 5.19 Å². The minimum Gasteiger partial charge on any atom is -0.300 e. The molecule has 1 aliphatic heterocycles. The lowest BCUT2D eigenvalue weighted by Gasteiger charge is -2.47. The molecule has 1 heterocycles. The second-order valence-corrected chi connectivity index (χ2v) is 12.1. The highest BCUT2D eigenvalue weighted by molar-refractivity contribution is 6.92. The standard InChI is InChI=1S/C19H28OSi/c1-2-14-21(18-6-4-3-5-7-18)15-12-19(13-16-21)10-8-17(20)9-11-19/h3-7H,2,8-16H2,1H3. The van der Waals surface area contributed by atoms with Gasteiger partial charge in [-0.3, -0.25) is 4.79 Å². The molecule has 114 valence electrons. The van der Waals surface area contributed by atoms with Crippen molar-refractivity contribution in [1.82, 2.24) is 0 Å². The van der Waals surface area contributed by atoms with Gasteiger partial charge in [0.25, 0.3) is 0 Å². The number of carbonyl (C=O) groups is 1. The fraction of sp³-hybridized carbons (Fsp3) is 0.632. The lowest BCUT2D eigenvalue weighted by Crippen LogP contribution is -2.52. The van der Waals surface area contributed by atoms with Crippen LogP contribution in [0.5, 0.6) is 0 Å². The number of hydrogen-bond acceptors (Lipinski definition) is 1. The van der Waals surface area contributed by atoms with Crippen LogP contribution in [0.4, 0.5) is 0 Å². The summed E-state index contributed by atoms with van der Waals surface area (Å²) >= 11 is 0. The predicted octanol–water partition coefficient (Wildman–Crippen LogP) is 4.68. The summed E-state index contributed by atoms with van der Waals surface area (Å²) in [5.74, 6) is 0.506. The van der Waals surface area contributed by atoms with Crippen LogP contribution >= 0.6 is 0 Å². The van der Waals surface area contributed by atoms with Gasteiger partial charge >= 0.3 is 0 Å². The molecule has 2 heteroatoms. The van der Waals surface area contributed by atoms with Gasteiger partial charge in [-0.15, -0.1) is 0 Å². The summed E-state index contributed by atoms with van der Waals surface area (Å²) in [5, 5.41) is 1.69. The van der Waals surface area contributed by atoms with Crippen molar-refractivity contribution in [1.29, 1.82) is 0 Å². The number of carbonyl (C=O) groups excluding carboxylic acids is 1. The van der Waals surface area contributed by atoms with Gasteiger partial charge in [0.2, 0.25) is 0 Å². The second kappa shape index (κ2) is 6.08. The maximum atomic E-state index is 11.5. The normalized spacial score (nSPS) is 24.1. The zero-order valence-electron chi connectivity index (χ0n) is 13.4. The van der Waals surface area contributed by atoms with Gasteiger partial charge < -0.3 is 0 Å². The molecule has 1 aromatic carbocycles. The summed E-state index contributed by atoms with van der Waals surface area (Å²) in [6.45, 7) is 2.35. The summed E-state index contributed by atoms with van der Waals surface area (Å²) < 4.78 is 0. The maximum Gasteiger partial charge on any atom is 0.132 e. The number of rotatable bonds is 3. The molecule has 21 heavy (non-hydrogen) atoms. The first kappa shape index (κ1) is 15.0. The van der Waals surface area contributed by atoms with E-state index >= 15 is 0 Å². The molecule has 0 aromatic heterocycles. The number of ketones is 1. The van der Waals surface area contributed by atoms with E-state index in [1.165, 1.54) is 50.2 Å². The van der Waals surface area contributed by atoms with Crippen molar-refractivity contribution in [2.45, 2.75) is 70.0 Å². The fourth-order valence-corrected chi connectivity index (χ4v) is 10.3. The SMILES string of the molecule is CCC[Si]1(c2ccccc2)CCC2(CCC(=O)CC2)CC1. The zero-order chi connectivity index (χ0) is 14.8. The minimum atomic E-state index is -1.27. The fourth-order valence-electron chi connectivity index (χ4n) is 4.77. The number of hydrogen-bond donors (Lipinski definition) is 0. The molecule has 0 amide bonds. The molecule has 0 N–H and O–H groups in total. The van der Waals surface area contributed by atoms with Crippen LogP contribution in [0.15, 0.2) is 30.3 Å². The lowest BCUT2D eigenvalue weighted by molar-refractivity contribution is -0.122. The van der Waals surface area contributed by atoms with Gasteiger partial charge in [0, 0.05) is 12.8 Å². The third kappa shape index (κ3) is 3.01. The molecule has 1 saturated heterocycles. The molecular formula is C19H28OSi. The minimum absolute atomic E-state index is 0.506. The average molecular weight is 301 g/mol. The van der Waals surface area contributed by atoms with Crippen molar-refractivity contribution in [3.63, 3.8) is 0 Å². The van der Waals surface area contributed by atoms with Crippen LogP contribution in [0.3, 0.4) is 0 Å². The molecule has 3 rings (SSSR count). The highest BCUT2D eigenvalue weighted by Crippen LogP contribution is 2.50. The molecule has 2 fully saturated rings. The Bertz CT molecular complexity index is 474. The molecule has 2 aliphatic rings. The number of Topliss-reactive ketones (excluding diaryl/α,β-unsaturated/α-hetero) is 1. The first-order valence-corrected chi connectivity index (χ1v) is 11.4. The van der Waals surface area contributed by atoms with Gasteiger partial charge in [-0.25, -0.2) is 0 Å². The van der Waals surface area contributed by atoms with Crippen molar-refractivity contribution in [2.24, 2.45) is 5.41 Å². The topological polar surface area (TPSA) is 17.1 Å². The van der Waals surface area contributed by atoms with Gasteiger partial charge in [-0.1, -0.05) is 67.0 Å². The third-order valence-corrected chi connectivity index (χ3v) is 11.7. The maximum absolute atomic E-state index is 11.5. The first-order chi connectivity index (χ1) is 10.2. The van der Waals surface area contributed by atoms with E-state index in [0.29, 0.717) is 11.2 Å². The van der Waals surface area contributed by atoms with Crippen molar-refractivity contribution in [3.8, 4) is 0 Å². The van der Waals surface area contributed by atoms with Crippen LogP contribution in [0.2, 0.25) is 18.1 Å². The van der Waals surface area contributed by atoms with Crippen LogP contribution in [-0.4, -0.2) is 13.9 Å². The average Bonchev–Trinajstić information content (AvgIpc) is 2.54. The Balaban J connectivity index is 1.76. The van der Waals surface area contributed by atoms with Gasteiger partial charge in [0.1, 0.15) is 5.78 Å². The monoisotopic (exact) mass is 300 g/mol. The third-order valence-electron chi connectivity index (χ3n) is 6.25. The Morgan fingerprint density at radius 2 is 1.62 bits per heavy atom. The summed E-state index contributed by atoms with van der Waals surface area (Å²) in [6, 6.07) is 15.8. The van der Waals surface area contributed by atoms with Crippen LogP contribution in [0, 0.1) is 5.41 Å². The molecule has 0 radical (unpaired) electrons. The Hall–Kier alpha value is -0.893. The molecule has 1 nitrogen and oxygen atoms in total. The highest BCUT2D eigenvalue weighted by Gasteiger charge is 2.45. The predicted molar refractivity (Wildman–Crippen MR) is 91.7 cm³/mol. The van der Waals surface area contributed by atoms with E-state index in [-0.39, 0.29) is 0 Å². The first-order valence-electron chi connectivity index (χ1n) is 8.75. The van der Waals surface area contributed by atoms with Crippen LogP contribution in [0.1, 0.15) is 51.9 Å². The van der Waals surface area contributed by atoms with Crippen molar-refractivity contribution >= 4 is 19.0 Å². The van der Waals surface area contributed by atoms with Crippen LogP contribution in [0.25, 0.3) is 0 Å². The van der Waals surface area contributed by atoms with Crippen molar-refractivity contribution < 1.29 is 4.79 Å². The van der Waals surface area contributed by atoms with Crippen LogP contribution in [-0.2, 0) is 4.79 Å². The Morgan fingerprint density at radius 3 is 2.19 bits per heavy atom. The van der Waals surface area contributed by atoms with Gasteiger partial charge in [-0.05, 0) is 31.1 Å². The van der Waals surface area contributed by atoms with Crippen molar-refractivity contribution in [2.75, 3.05) is 0 Å².